The normalized spacial score (nSPS) is 13.9. The molecule has 11 rings (SSSR count). The van der Waals surface area contributed by atoms with Crippen LogP contribution in [0.5, 0.6) is 0 Å². The molecule has 2 aliphatic carbocycles. The predicted octanol–water partition coefficient (Wildman–Crippen LogP) is 13.9. The van der Waals surface area contributed by atoms with E-state index in [1.165, 1.54) is 93.2 Å². The number of rotatable bonds is 5. The molecule has 1 aromatic heterocycles. The smallest absolute Gasteiger partial charge is 0.124 e. The van der Waals surface area contributed by atoms with E-state index in [9.17, 15) is 0 Å². The highest BCUT2D eigenvalue weighted by Gasteiger charge is 2.36. The lowest BCUT2D eigenvalue weighted by molar-refractivity contribution is 0.659. The fourth-order valence-corrected chi connectivity index (χ4v) is 10.4. The number of hydrogen-bond donors (Lipinski definition) is 0. The van der Waals surface area contributed by atoms with Crippen LogP contribution < -0.4 is 0 Å². The van der Waals surface area contributed by atoms with Crippen LogP contribution in [0, 0.1) is 0 Å². The van der Waals surface area contributed by atoms with Gasteiger partial charge in [0.25, 0.3) is 0 Å². The van der Waals surface area contributed by atoms with Crippen molar-refractivity contribution in [3.05, 3.63) is 198 Å². The lowest BCUT2D eigenvalue weighted by Gasteiger charge is -2.25. The zero-order chi connectivity index (χ0) is 35.3. The molecule has 0 bridgehead atoms. The third-order valence-corrected chi connectivity index (χ3v) is 12.9. The first kappa shape index (κ1) is 30.5. The maximum atomic E-state index is 5.22. The second-order valence-electron chi connectivity index (χ2n) is 15.1. The van der Waals surface area contributed by atoms with Gasteiger partial charge in [-0.15, -0.1) is 11.3 Å². The molecule has 2 aliphatic rings. The van der Waals surface area contributed by atoms with Gasteiger partial charge in [-0.2, -0.15) is 0 Å². The van der Waals surface area contributed by atoms with Gasteiger partial charge in [0.15, 0.2) is 0 Å². The Balaban J connectivity index is 1.11. The first-order chi connectivity index (χ1) is 26.0. The summed E-state index contributed by atoms with van der Waals surface area (Å²) in [7, 11) is 0. The molecule has 250 valence electrons. The molecule has 0 N–H and O–H groups in total. The van der Waals surface area contributed by atoms with E-state index < -0.39 is 0 Å². The molecule has 9 aromatic rings. The van der Waals surface area contributed by atoms with Crippen molar-refractivity contribution in [2.75, 3.05) is 0 Å². The largest absolute Gasteiger partial charge is 0.235 e. The topological polar surface area (TPSA) is 12.9 Å². The van der Waals surface area contributed by atoms with Crippen LogP contribution in [0.1, 0.15) is 47.6 Å². The molecule has 0 amide bonds. The van der Waals surface area contributed by atoms with Gasteiger partial charge in [0.2, 0.25) is 0 Å². The first-order valence-electron chi connectivity index (χ1n) is 18.5. The highest BCUT2D eigenvalue weighted by Crippen LogP contribution is 2.54. The van der Waals surface area contributed by atoms with Gasteiger partial charge in [-0.25, -0.2) is 4.98 Å². The quantitative estimate of drug-likeness (QED) is 0.164. The molecule has 0 radical (unpaired) electrons. The highest BCUT2D eigenvalue weighted by atomic mass is 32.1. The van der Waals surface area contributed by atoms with Crippen LogP contribution in [-0.2, 0) is 5.41 Å². The van der Waals surface area contributed by atoms with Crippen LogP contribution in [0.2, 0.25) is 0 Å². The van der Waals surface area contributed by atoms with Gasteiger partial charge in [-0.1, -0.05) is 178 Å². The lowest BCUT2D eigenvalue weighted by atomic mass is 9.78. The third kappa shape index (κ3) is 4.52. The molecule has 1 unspecified atom stereocenters. The Kier molecular flexibility index (Phi) is 6.60. The number of aromatic nitrogens is 1. The summed E-state index contributed by atoms with van der Waals surface area (Å²) in [6.07, 6.45) is 0. The Morgan fingerprint density at radius 2 is 1.15 bits per heavy atom. The molecule has 0 fully saturated rings. The van der Waals surface area contributed by atoms with E-state index in [1.807, 2.05) is 0 Å². The second-order valence-corrected chi connectivity index (χ2v) is 16.1. The molecule has 1 heterocycles. The Morgan fingerprint density at radius 1 is 0.472 bits per heavy atom. The van der Waals surface area contributed by atoms with E-state index in [4.69, 9.17) is 4.98 Å². The number of fused-ring (bicyclic) bond motifs is 7. The minimum atomic E-state index is -0.0686. The van der Waals surface area contributed by atoms with Crippen LogP contribution in [-0.4, -0.2) is 4.98 Å². The van der Waals surface area contributed by atoms with Crippen LogP contribution in [0.25, 0.3) is 76.1 Å². The second kappa shape index (κ2) is 11.5. The van der Waals surface area contributed by atoms with Crippen molar-refractivity contribution >= 4 is 32.9 Å². The van der Waals surface area contributed by atoms with Crippen LogP contribution in [0.3, 0.4) is 0 Å². The van der Waals surface area contributed by atoms with Crippen LogP contribution >= 0.6 is 11.3 Å². The summed E-state index contributed by atoms with van der Waals surface area (Å²) in [5.41, 5.74) is 16.7. The molecular weight excluding hydrogens is 659 g/mol. The van der Waals surface area contributed by atoms with Crippen molar-refractivity contribution in [3.8, 4) is 54.5 Å². The molecule has 1 atom stereocenters. The van der Waals surface area contributed by atoms with Crippen molar-refractivity contribution in [2.45, 2.75) is 25.2 Å². The molecule has 0 saturated carbocycles. The molecule has 8 aromatic carbocycles. The molecule has 0 aliphatic heterocycles. The van der Waals surface area contributed by atoms with E-state index in [0.29, 0.717) is 0 Å². The van der Waals surface area contributed by atoms with E-state index in [2.05, 4.69) is 184 Å². The summed E-state index contributed by atoms with van der Waals surface area (Å²) in [5.74, 6) is 0.0637. The summed E-state index contributed by atoms with van der Waals surface area (Å²) in [6.45, 7) is 4.75. The minimum Gasteiger partial charge on any atom is -0.235 e. The van der Waals surface area contributed by atoms with Crippen molar-refractivity contribution in [3.63, 3.8) is 0 Å². The van der Waals surface area contributed by atoms with Crippen LogP contribution in [0.4, 0.5) is 0 Å². The average molecular weight is 694 g/mol. The fourth-order valence-electron chi connectivity index (χ4n) is 9.27. The SMILES string of the molecule is CC1(C)c2ccccc2-c2ccc(C(c3ccccc3)c3cc(-c4ccc5c6c(cccc46)-c4sc(-c6ccccc6)nc4-5)c4ccccc4c3)cc21. The number of benzene rings is 8. The van der Waals surface area contributed by atoms with Gasteiger partial charge in [0, 0.05) is 33.4 Å². The highest BCUT2D eigenvalue weighted by molar-refractivity contribution is 7.19. The van der Waals surface area contributed by atoms with Gasteiger partial charge in [-0.05, 0) is 72.3 Å². The Labute approximate surface area is 313 Å². The van der Waals surface area contributed by atoms with Crippen molar-refractivity contribution in [2.24, 2.45) is 0 Å². The van der Waals surface area contributed by atoms with Crippen LogP contribution in [0.15, 0.2) is 170 Å². The number of nitrogens with zero attached hydrogens (tertiary/aromatic N) is 1. The first-order valence-corrected chi connectivity index (χ1v) is 19.3. The van der Waals surface area contributed by atoms with Crippen molar-refractivity contribution < 1.29 is 0 Å². The molecule has 0 saturated heterocycles. The maximum absolute atomic E-state index is 5.22. The van der Waals surface area contributed by atoms with E-state index in [-0.39, 0.29) is 11.3 Å². The summed E-state index contributed by atoms with van der Waals surface area (Å²) in [5, 5.41) is 6.19. The standard InChI is InChI=1S/C51H35NS/c1-51(2)44-23-12-11-20-38(44)39-25-24-34(30-45(39)51)46(31-14-5-3-6-15-31)35-28-33-18-9-10-19-36(33)43(29-35)37-26-27-41-47-40(37)21-13-22-42(47)49-48(41)52-50(53-49)32-16-7-4-8-17-32/h3-30,46H,1-2H3. The van der Waals surface area contributed by atoms with Gasteiger partial charge < -0.3 is 0 Å². The molecular formula is C51H35NS. The summed E-state index contributed by atoms with van der Waals surface area (Å²) >= 11 is 1.80. The zero-order valence-electron chi connectivity index (χ0n) is 29.6. The number of thiazole rings is 1. The maximum Gasteiger partial charge on any atom is 0.124 e. The minimum absolute atomic E-state index is 0.0637. The Bertz CT molecular complexity index is 2890. The summed E-state index contributed by atoms with van der Waals surface area (Å²) in [6, 6.07) is 63.1. The summed E-state index contributed by atoms with van der Waals surface area (Å²) in [4.78, 5) is 6.49. The Morgan fingerprint density at radius 3 is 2.02 bits per heavy atom. The van der Waals surface area contributed by atoms with Gasteiger partial charge in [-0.3, -0.25) is 0 Å². The molecule has 1 nitrogen and oxygen atoms in total. The van der Waals surface area contributed by atoms with Crippen molar-refractivity contribution in [1.29, 1.82) is 0 Å². The number of hydrogen-bond acceptors (Lipinski definition) is 2. The van der Waals surface area contributed by atoms with Gasteiger partial charge in [0.05, 0.1) is 10.6 Å². The fraction of sp³-hybridized carbons (Fsp3) is 0.0784. The monoisotopic (exact) mass is 693 g/mol. The third-order valence-electron chi connectivity index (χ3n) is 11.8. The average Bonchev–Trinajstić information content (AvgIpc) is 3.84. The Hall–Kier alpha value is -6.09. The predicted molar refractivity (Wildman–Crippen MR) is 224 cm³/mol. The van der Waals surface area contributed by atoms with E-state index >= 15 is 0 Å². The molecule has 53 heavy (non-hydrogen) atoms. The molecule has 2 heteroatoms. The van der Waals surface area contributed by atoms with Gasteiger partial charge >= 0.3 is 0 Å². The van der Waals surface area contributed by atoms with Gasteiger partial charge in [0.1, 0.15) is 5.01 Å². The van der Waals surface area contributed by atoms with Crippen molar-refractivity contribution in [1.82, 2.24) is 4.98 Å². The van der Waals surface area contributed by atoms with E-state index in [0.717, 1.165) is 10.7 Å². The van der Waals surface area contributed by atoms with E-state index in [1.54, 1.807) is 11.3 Å². The molecule has 0 spiro atoms. The zero-order valence-corrected chi connectivity index (χ0v) is 30.4. The lowest BCUT2D eigenvalue weighted by Crippen LogP contribution is -2.15. The summed E-state index contributed by atoms with van der Waals surface area (Å²) < 4.78 is 0.